The molecule has 118 valence electrons. The van der Waals surface area contributed by atoms with Gasteiger partial charge in [0.1, 0.15) is 12.2 Å². The van der Waals surface area contributed by atoms with Gasteiger partial charge in [0, 0.05) is 32.2 Å². The molecular weight excluding hydrogens is 268 g/mol. The Hall–Kier alpha value is -0.980. The highest BCUT2D eigenvalue weighted by Crippen LogP contribution is 2.34. The van der Waals surface area contributed by atoms with E-state index in [1.165, 1.54) is 19.3 Å². The summed E-state index contributed by atoms with van der Waals surface area (Å²) in [5.41, 5.74) is 0. The fraction of sp³-hybridized carbons (Fsp3) is 0.867. The first kappa shape index (κ1) is 14.9. The van der Waals surface area contributed by atoms with Crippen molar-refractivity contribution < 1.29 is 9.47 Å². The molecule has 1 saturated carbocycles. The summed E-state index contributed by atoms with van der Waals surface area (Å²) in [6.45, 7) is 6.41. The van der Waals surface area contributed by atoms with Crippen LogP contribution in [-0.2, 0) is 22.6 Å². The van der Waals surface area contributed by atoms with Gasteiger partial charge in [-0.05, 0) is 19.8 Å². The quantitative estimate of drug-likeness (QED) is 0.819. The molecule has 21 heavy (non-hydrogen) atoms. The Labute approximate surface area is 126 Å². The highest BCUT2D eigenvalue weighted by molar-refractivity contribution is 4.93. The molecule has 1 aromatic heterocycles. The third-order valence-corrected chi connectivity index (χ3v) is 4.92. The average molecular weight is 294 g/mol. The normalized spacial score (nSPS) is 30.9. The first-order valence-electron chi connectivity index (χ1n) is 8.04. The molecule has 0 aromatic carbocycles. The van der Waals surface area contributed by atoms with Crippen LogP contribution in [0.25, 0.3) is 0 Å². The van der Waals surface area contributed by atoms with Crippen molar-refractivity contribution in [3.8, 4) is 0 Å². The van der Waals surface area contributed by atoms with E-state index < -0.39 is 0 Å². The summed E-state index contributed by atoms with van der Waals surface area (Å²) in [5, 5.41) is 4.28. The van der Waals surface area contributed by atoms with Gasteiger partial charge in [-0.2, -0.15) is 5.10 Å². The van der Waals surface area contributed by atoms with E-state index in [2.05, 4.69) is 21.9 Å². The lowest BCUT2D eigenvalue weighted by Crippen LogP contribution is -2.51. The minimum atomic E-state index is 0.378. The summed E-state index contributed by atoms with van der Waals surface area (Å²) in [7, 11) is 1.84. The topological polar surface area (TPSA) is 52.4 Å². The zero-order valence-corrected chi connectivity index (χ0v) is 13.1. The number of morpholine rings is 1. The highest BCUT2D eigenvalue weighted by Gasteiger charge is 2.38. The van der Waals surface area contributed by atoms with Crippen LogP contribution in [0.3, 0.4) is 0 Å². The van der Waals surface area contributed by atoms with Gasteiger partial charge in [-0.25, -0.2) is 9.67 Å². The Morgan fingerprint density at radius 1 is 1.43 bits per heavy atom. The third-order valence-electron chi connectivity index (χ3n) is 4.92. The molecule has 3 atom stereocenters. The van der Waals surface area contributed by atoms with E-state index in [0.29, 0.717) is 18.1 Å². The standard InChI is InChI=1S/C15H26N4O2/c1-3-19-15(16-11-17-19)9-18-7-8-21-10-13(18)12-5-4-6-14(12)20-2/h11-14H,3-10H2,1-2H3. The fourth-order valence-electron chi connectivity index (χ4n) is 3.79. The number of ether oxygens (including phenoxy) is 2. The molecular formula is C15H26N4O2. The molecule has 6 nitrogen and oxygen atoms in total. The van der Waals surface area contributed by atoms with Crippen LogP contribution >= 0.6 is 0 Å². The number of hydrogen-bond acceptors (Lipinski definition) is 5. The maximum absolute atomic E-state index is 5.75. The molecule has 0 bridgehead atoms. The molecule has 1 aliphatic heterocycles. The third kappa shape index (κ3) is 3.12. The number of hydrogen-bond donors (Lipinski definition) is 0. The molecule has 2 fully saturated rings. The number of methoxy groups -OCH3 is 1. The SMILES string of the molecule is CCn1ncnc1CN1CCOCC1C1CCCC1OC. The van der Waals surface area contributed by atoms with Gasteiger partial charge in [0.25, 0.3) is 0 Å². The van der Waals surface area contributed by atoms with Crippen molar-refractivity contribution >= 4 is 0 Å². The van der Waals surface area contributed by atoms with E-state index in [1.54, 1.807) is 6.33 Å². The van der Waals surface area contributed by atoms with Crippen LogP contribution in [0, 0.1) is 5.92 Å². The second-order valence-electron chi connectivity index (χ2n) is 5.97. The minimum absolute atomic E-state index is 0.378. The lowest BCUT2D eigenvalue weighted by Gasteiger charge is -2.40. The minimum Gasteiger partial charge on any atom is -0.381 e. The number of aromatic nitrogens is 3. The van der Waals surface area contributed by atoms with Crippen LogP contribution in [0.1, 0.15) is 32.0 Å². The van der Waals surface area contributed by atoms with Crippen molar-refractivity contribution in [1.29, 1.82) is 0 Å². The number of rotatable bonds is 5. The van der Waals surface area contributed by atoms with Crippen molar-refractivity contribution in [3.63, 3.8) is 0 Å². The fourth-order valence-corrected chi connectivity index (χ4v) is 3.79. The monoisotopic (exact) mass is 294 g/mol. The van der Waals surface area contributed by atoms with E-state index >= 15 is 0 Å². The first-order chi connectivity index (χ1) is 10.3. The molecule has 0 amide bonds. The van der Waals surface area contributed by atoms with Gasteiger partial charge in [0.2, 0.25) is 0 Å². The molecule has 0 N–H and O–H groups in total. The molecule has 1 aliphatic carbocycles. The number of nitrogens with zero attached hydrogens (tertiary/aromatic N) is 4. The maximum atomic E-state index is 5.75. The molecule has 0 radical (unpaired) electrons. The molecule has 3 unspecified atom stereocenters. The largest absolute Gasteiger partial charge is 0.381 e. The van der Waals surface area contributed by atoms with Crippen LogP contribution in [-0.4, -0.2) is 58.7 Å². The Balaban J connectivity index is 1.72. The second kappa shape index (κ2) is 6.85. The van der Waals surface area contributed by atoms with E-state index in [-0.39, 0.29) is 0 Å². The van der Waals surface area contributed by atoms with Crippen LogP contribution in [0.4, 0.5) is 0 Å². The van der Waals surface area contributed by atoms with E-state index in [1.807, 2.05) is 11.8 Å². The van der Waals surface area contributed by atoms with Gasteiger partial charge >= 0.3 is 0 Å². The van der Waals surface area contributed by atoms with Crippen molar-refractivity contribution in [2.45, 2.75) is 51.4 Å². The molecule has 1 saturated heterocycles. The summed E-state index contributed by atoms with van der Waals surface area (Å²) in [4.78, 5) is 6.94. The summed E-state index contributed by atoms with van der Waals surface area (Å²) >= 11 is 0. The van der Waals surface area contributed by atoms with E-state index in [0.717, 1.165) is 38.7 Å². The zero-order valence-electron chi connectivity index (χ0n) is 13.1. The lowest BCUT2D eigenvalue weighted by atomic mass is 9.94. The summed E-state index contributed by atoms with van der Waals surface area (Å²) in [6, 6.07) is 0.438. The summed E-state index contributed by atoms with van der Waals surface area (Å²) < 4.78 is 13.4. The van der Waals surface area contributed by atoms with Gasteiger partial charge in [0.15, 0.2) is 0 Å². The van der Waals surface area contributed by atoms with E-state index in [9.17, 15) is 0 Å². The maximum Gasteiger partial charge on any atom is 0.141 e. The molecule has 3 rings (SSSR count). The van der Waals surface area contributed by atoms with Gasteiger partial charge in [-0.15, -0.1) is 0 Å². The lowest BCUT2D eigenvalue weighted by molar-refractivity contribution is -0.0619. The Bertz CT molecular complexity index is 451. The molecule has 2 aliphatic rings. The first-order valence-corrected chi connectivity index (χ1v) is 8.04. The van der Waals surface area contributed by atoms with Crippen molar-refractivity contribution in [1.82, 2.24) is 19.7 Å². The van der Waals surface area contributed by atoms with Crippen LogP contribution in [0.2, 0.25) is 0 Å². The number of aryl methyl sites for hydroxylation is 1. The van der Waals surface area contributed by atoms with Crippen molar-refractivity contribution in [3.05, 3.63) is 12.2 Å². The van der Waals surface area contributed by atoms with Gasteiger partial charge in [-0.3, -0.25) is 4.90 Å². The molecule has 0 spiro atoms. The average Bonchev–Trinajstić information content (AvgIpc) is 3.16. The van der Waals surface area contributed by atoms with Crippen LogP contribution in [0.15, 0.2) is 6.33 Å². The second-order valence-corrected chi connectivity index (χ2v) is 5.97. The molecule has 6 heteroatoms. The van der Waals surface area contributed by atoms with Crippen molar-refractivity contribution in [2.75, 3.05) is 26.9 Å². The Morgan fingerprint density at radius 2 is 2.33 bits per heavy atom. The van der Waals surface area contributed by atoms with Gasteiger partial charge < -0.3 is 9.47 Å². The van der Waals surface area contributed by atoms with E-state index in [4.69, 9.17) is 9.47 Å². The zero-order chi connectivity index (χ0) is 14.7. The Kier molecular flexibility index (Phi) is 4.87. The summed E-state index contributed by atoms with van der Waals surface area (Å²) in [5.74, 6) is 1.63. The van der Waals surface area contributed by atoms with Crippen LogP contribution in [0.5, 0.6) is 0 Å². The van der Waals surface area contributed by atoms with Crippen molar-refractivity contribution in [2.24, 2.45) is 5.92 Å². The predicted molar refractivity (Wildman–Crippen MR) is 78.9 cm³/mol. The smallest absolute Gasteiger partial charge is 0.141 e. The molecule has 1 aromatic rings. The predicted octanol–water partition coefficient (Wildman–Crippen LogP) is 1.31. The van der Waals surface area contributed by atoms with Gasteiger partial charge in [-0.1, -0.05) is 6.42 Å². The Morgan fingerprint density at radius 3 is 3.14 bits per heavy atom. The highest BCUT2D eigenvalue weighted by atomic mass is 16.5. The van der Waals surface area contributed by atoms with Gasteiger partial charge in [0.05, 0.1) is 25.9 Å². The summed E-state index contributed by atoms with van der Waals surface area (Å²) in [6.07, 6.45) is 5.71. The van der Waals surface area contributed by atoms with Crippen LogP contribution < -0.4 is 0 Å². The molecule has 2 heterocycles.